The molecule has 1 aromatic rings. The zero-order chi connectivity index (χ0) is 14.7. The Labute approximate surface area is 111 Å². The van der Waals surface area contributed by atoms with E-state index in [2.05, 4.69) is 0 Å². The fourth-order valence-corrected chi connectivity index (χ4v) is 1.52. The van der Waals surface area contributed by atoms with Crippen molar-refractivity contribution in [2.45, 2.75) is 5.51 Å². The molecular formula is C9H7ClF3NO4S. The summed E-state index contributed by atoms with van der Waals surface area (Å²) in [6.45, 7) is -0.878. The predicted molar refractivity (Wildman–Crippen MR) is 60.1 cm³/mol. The highest BCUT2D eigenvalue weighted by Crippen LogP contribution is 2.21. The van der Waals surface area contributed by atoms with Gasteiger partial charge in [-0.05, 0) is 24.3 Å². The van der Waals surface area contributed by atoms with E-state index in [0.29, 0.717) is 5.02 Å². The average Bonchev–Trinajstić information content (AvgIpc) is 2.26. The first kappa shape index (κ1) is 15.6. The van der Waals surface area contributed by atoms with Gasteiger partial charge in [-0.1, -0.05) is 11.6 Å². The molecule has 0 aliphatic carbocycles. The molecule has 19 heavy (non-hydrogen) atoms. The van der Waals surface area contributed by atoms with Crippen molar-refractivity contribution in [1.82, 2.24) is 4.72 Å². The molecule has 0 atom stereocenters. The number of rotatable bonds is 4. The topological polar surface area (TPSA) is 72.5 Å². The fraction of sp³-hybridized carbons (Fsp3) is 0.222. The molecule has 10 heteroatoms. The van der Waals surface area contributed by atoms with Gasteiger partial charge in [0.15, 0.2) is 6.61 Å². The Kier molecular flexibility index (Phi) is 4.64. The minimum atomic E-state index is -5.71. The average molecular weight is 318 g/mol. The first-order valence-electron chi connectivity index (χ1n) is 4.62. The SMILES string of the molecule is O=C(COc1ccc(Cl)cc1)NS(=O)(=O)C(F)(F)F. The molecule has 0 saturated carbocycles. The fourth-order valence-electron chi connectivity index (χ4n) is 0.917. The maximum Gasteiger partial charge on any atom is 0.516 e. The van der Waals surface area contributed by atoms with Crippen molar-refractivity contribution in [3.8, 4) is 5.75 Å². The minimum Gasteiger partial charge on any atom is -0.484 e. The minimum absolute atomic E-state index is 0.156. The van der Waals surface area contributed by atoms with Gasteiger partial charge in [0.25, 0.3) is 5.91 Å². The van der Waals surface area contributed by atoms with Crippen molar-refractivity contribution in [3.63, 3.8) is 0 Å². The van der Waals surface area contributed by atoms with Crippen molar-refractivity contribution >= 4 is 27.5 Å². The van der Waals surface area contributed by atoms with Crippen LogP contribution < -0.4 is 9.46 Å². The van der Waals surface area contributed by atoms with Crippen molar-refractivity contribution in [3.05, 3.63) is 29.3 Å². The summed E-state index contributed by atoms with van der Waals surface area (Å²) >= 11 is 5.57. The number of ether oxygens (including phenoxy) is 1. The Morgan fingerprint density at radius 1 is 1.26 bits per heavy atom. The number of amides is 1. The molecule has 0 aliphatic heterocycles. The van der Waals surface area contributed by atoms with Gasteiger partial charge >= 0.3 is 15.5 Å². The highest BCUT2D eigenvalue weighted by Gasteiger charge is 2.47. The van der Waals surface area contributed by atoms with Crippen LogP contribution in [0.3, 0.4) is 0 Å². The first-order valence-corrected chi connectivity index (χ1v) is 6.48. The summed E-state index contributed by atoms with van der Waals surface area (Å²) in [5, 5.41) is 0.399. The molecule has 0 unspecified atom stereocenters. The quantitative estimate of drug-likeness (QED) is 0.917. The van der Waals surface area contributed by atoms with Crippen LogP contribution in [0.2, 0.25) is 5.02 Å². The molecule has 0 radical (unpaired) electrons. The third kappa shape index (κ3) is 4.60. The maximum absolute atomic E-state index is 11.9. The second-order valence-electron chi connectivity index (χ2n) is 3.22. The van der Waals surface area contributed by atoms with Crippen LogP contribution in [0.5, 0.6) is 5.75 Å². The highest BCUT2D eigenvalue weighted by molar-refractivity contribution is 7.90. The summed E-state index contributed by atoms with van der Waals surface area (Å²) in [7, 11) is -5.71. The summed E-state index contributed by atoms with van der Waals surface area (Å²) < 4.78 is 62.6. The van der Waals surface area contributed by atoms with Gasteiger partial charge in [-0.2, -0.15) is 21.6 Å². The van der Waals surface area contributed by atoms with E-state index in [9.17, 15) is 26.4 Å². The second-order valence-corrected chi connectivity index (χ2v) is 5.33. The number of hydrogen-bond donors (Lipinski definition) is 1. The zero-order valence-corrected chi connectivity index (χ0v) is 10.6. The van der Waals surface area contributed by atoms with E-state index >= 15 is 0 Å². The molecule has 0 aromatic heterocycles. The lowest BCUT2D eigenvalue weighted by atomic mass is 10.3. The zero-order valence-electron chi connectivity index (χ0n) is 9.07. The van der Waals surface area contributed by atoms with E-state index < -0.39 is 28.0 Å². The Balaban J connectivity index is 2.56. The molecule has 0 fully saturated rings. The number of nitrogens with one attached hydrogen (secondary N) is 1. The Bertz CT molecular complexity index is 556. The van der Waals surface area contributed by atoms with Crippen LogP contribution in [0.25, 0.3) is 0 Å². The van der Waals surface area contributed by atoms with Gasteiger partial charge in [0.1, 0.15) is 5.75 Å². The smallest absolute Gasteiger partial charge is 0.484 e. The van der Waals surface area contributed by atoms with Gasteiger partial charge in [0.05, 0.1) is 0 Å². The third-order valence-electron chi connectivity index (χ3n) is 1.74. The van der Waals surface area contributed by atoms with E-state index in [1.165, 1.54) is 24.3 Å². The van der Waals surface area contributed by atoms with E-state index in [4.69, 9.17) is 16.3 Å². The van der Waals surface area contributed by atoms with E-state index in [1.54, 1.807) is 0 Å². The molecule has 0 spiro atoms. The summed E-state index contributed by atoms with van der Waals surface area (Å²) in [6, 6.07) is 5.60. The predicted octanol–water partition coefficient (Wildman–Crippen LogP) is 1.68. The molecule has 1 amide bonds. The van der Waals surface area contributed by atoms with Crippen LogP contribution in [-0.2, 0) is 14.8 Å². The first-order chi connectivity index (χ1) is 8.62. The molecule has 0 saturated heterocycles. The molecule has 0 heterocycles. The molecule has 5 nitrogen and oxygen atoms in total. The molecule has 1 rings (SSSR count). The number of benzene rings is 1. The van der Waals surface area contributed by atoms with Gasteiger partial charge in [-0.25, -0.2) is 4.72 Å². The van der Waals surface area contributed by atoms with E-state index in [0.717, 1.165) is 4.72 Å². The third-order valence-corrected chi connectivity index (χ3v) is 3.09. The number of sulfonamides is 1. The highest BCUT2D eigenvalue weighted by atomic mass is 35.5. The number of carbonyl (C=O) groups excluding carboxylic acids is 1. The molecule has 1 N–H and O–H groups in total. The standard InChI is InChI=1S/C9H7ClF3NO4S/c10-6-1-3-7(4-2-6)18-5-8(15)14-19(16,17)9(11,12)13/h1-4H,5H2,(H,14,15). The van der Waals surface area contributed by atoms with Gasteiger partial charge in [-0.15, -0.1) is 0 Å². The van der Waals surface area contributed by atoms with Crippen LogP contribution in [0.4, 0.5) is 13.2 Å². The summed E-state index contributed by atoms with van der Waals surface area (Å²) in [4.78, 5) is 11.0. The maximum atomic E-state index is 11.9. The number of halogens is 4. The Hall–Kier alpha value is -1.48. The van der Waals surface area contributed by atoms with Crippen LogP contribution in [0.15, 0.2) is 24.3 Å². The van der Waals surface area contributed by atoms with Crippen LogP contribution in [0, 0.1) is 0 Å². The molecular weight excluding hydrogens is 311 g/mol. The lowest BCUT2D eigenvalue weighted by molar-refractivity contribution is -0.121. The van der Waals surface area contributed by atoms with Crippen LogP contribution in [-0.4, -0.2) is 26.4 Å². The summed E-state index contributed by atoms with van der Waals surface area (Å²) in [6.07, 6.45) is 0. The van der Waals surface area contributed by atoms with Crippen molar-refractivity contribution < 1.29 is 31.1 Å². The van der Waals surface area contributed by atoms with Crippen LogP contribution >= 0.6 is 11.6 Å². The van der Waals surface area contributed by atoms with E-state index in [1.807, 2.05) is 0 Å². The Morgan fingerprint density at radius 2 is 1.79 bits per heavy atom. The molecule has 0 aliphatic rings. The lowest BCUT2D eigenvalue weighted by Crippen LogP contribution is -2.42. The van der Waals surface area contributed by atoms with Crippen molar-refractivity contribution in [1.29, 1.82) is 0 Å². The van der Waals surface area contributed by atoms with Gasteiger partial charge < -0.3 is 4.74 Å². The van der Waals surface area contributed by atoms with Gasteiger partial charge in [-0.3, -0.25) is 4.79 Å². The second kappa shape index (κ2) is 5.66. The number of carbonyl (C=O) groups is 1. The van der Waals surface area contributed by atoms with E-state index in [-0.39, 0.29) is 5.75 Å². The lowest BCUT2D eigenvalue weighted by Gasteiger charge is -2.10. The number of alkyl halides is 3. The summed E-state index contributed by atoms with van der Waals surface area (Å²) in [5.41, 5.74) is -5.55. The monoisotopic (exact) mass is 317 g/mol. The normalized spacial score (nSPS) is 12.0. The van der Waals surface area contributed by atoms with Crippen molar-refractivity contribution in [2.75, 3.05) is 6.61 Å². The van der Waals surface area contributed by atoms with Gasteiger partial charge in [0, 0.05) is 5.02 Å². The molecule has 1 aromatic carbocycles. The van der Waals surface area contributed by atoms with Gasteiger partial charge in [0.2, 0.25) is 0 Å². The largest absolute Gasteiger partial charge is 0.516 e. The van der Waals surface area contributed by atoms with Crippen LogP contribution in [0.1, 0.15) is 0 Å². The Morgan fingerprint density at radius 3 is 2.26 bits per heavy atom. The number of hydrogen-bond acceptors (Lipinski definition) is 4. The van der Waals surface area contributed by atoms with Crippen molar-refractivity contribution in [2.24, 2.45) is 0 Å². The molecule has 106 valence electrons. The molecule has 0 bridgehead atoms. The summed E-state index contributed by atoms with van der Waals surface area (Å²) in [5.74, 6) is -1.28.